The molecule has 0 unspecified atom stereocenters. The molecule has 0 spiro atoms. The van der Waals surface area contributed by atoms with E-state index in [1.165, 1.54) is 16.8 Å². The Morgan fingerprint density at radius 2 is 2.08 bits per heavy atom. The molecule has 0 saturated heterocycles. The Morgan fingerprint density at radius 1 is 1.36 bits per heavy atom. The molecule has 1 saturated carbocycles. The summed E-state index contributed by atoms with van der Waals surface area (Å²) in [6.07, 6.45) is 3.22. The van der Waals surface area contributed by atoms with Gasteiger partial charge in [0.2, 0.25) is 0 Å². The van der Waals surface area contributed by atoms with Gasteiger partial charge >= 0.3 is 5.69 Å². The zero-order chi connectivity index (χ0) is 18.0. The molecule has 1 fully saturated rings. The monoisotopic (exact) mass is 345 g/mol. The molecule has 3 rings (SSSR count). The summed E-state index contributed by atoms with van der Waals surface area (Å²) < 4.78 is 1.51. The number of carbonyl (C=O) groups excluding carboxylic acids is 1. The third kappa shape index (κ3) is 3.63. The van der Waals surface area contributed by atoms with Crippen LogP contribution < -0.4 is 16.6 Å². The maximum atomic E-state index is 12.3. The first-order valence-corrected chi connectivity index (χ1v) is 8.70. The second-order valence-corrected chi connectivity index (χ2v) is 6.24. The van der Waals surface area contributed by atoms with Crippen LogP contribution in [0.3, 0.4) is 0 Å². The van der Waals surface area contributed by atoms with E-state index in [9.17, 15) is 14.4 Å². The van der Waals surface area contributed by atoms with E-state index in [1.54, 1.807) is 0 Å². The van der Waals surface area contributed by atoms with E-state index in [1.807, 2.05) is 0 Å². The van der Waals surface area contributed by atoms with Crippen LogP contribution in [0, 0.1) is 0 Å². The van der Waals surface area contributed by atoms with E-state index >= 15 is 0 Å². The van der Waals surface area contributed by atoms with Crippen LogP contribution in [-0.4, -0.2) is 51.5 Å². The fourth-order valence-corrected chi connectivity index (χ4v) is 2.90. The van der Waals surface area contributed by atoms with Crippen LogP contribution >= 0.6 is 0 Å². The van der Waals surface area contributed by atoms with Gasteiger partial charge in [0, 0.05) is 25.3 Å². The molecule has 134 valence electrons. The summed E-state index contributed by atoms with van der Waals surface area (Å²) in [5.74, 6) is -0.273. The van der Waals surface area contributed by atoms with Crippen molar-refractivity contribution in [3.05, 3.63) is 38.7 Å². The number of amides is 1. The Balaban J connectivity index is 1.82. The molecule has 8 heteroatoms. The number of nitrogens with one attached hydrogen (secondary N) is 2. The van der Waals surface area contributed by atoms with Gasteiger partial charge in [-0.1, -0.05) is 13.8 Å². The standard InChI is InChI=1S/C17H23N5O3/c1-3-21(4-2)8-7-18-15(23)11-9-13-14(19-10-11)22(12-5-6-12)17(25)20-16(13)24/h9-10,12H,3-8H2,1-2H3,(H,18,23)(H,20,24,25). The predicted octanol–water partition coefficient (Wildman–Crippen LogP) is 0.491. The molecule has 0 radical (unpaired) electrons. The van der Waals surface area contributed by atoms with E-state index in [4.69, 9.17) is 0 Å². The summed E-state index contributed by atoms with van der Waals surface area (Å²) in [6, 6.07) is 1.60. The van der Waals surface area contributed by atoms with Crippen molar-refractivity contribution in [1.82, 2.24) is 24.8 Å². The SMILES string of the molecule is CCN(CC)CCNC(=O)c1cnc2c(c1)c(=O)[nH]c(=O)n2C1CC1. The Labute approximate surface area is 144 Å². The predicted molar refractivity (Wildman–Crippen MR) is 95.0 cm³/mol. The van der Waals surface area contributed by atoms with Crippen molar-refractivity contribution in [2.24, 2.45) is 0 Å². The molecule has 1 aliphatic carbocycles. The lowest BCUT2D eigenvalue weighted by atomic mass is 10.2. The van der Waals surface area contributed by atoms with Gasteiger partial charge < -0.3 is 10.2 Å². The average molecular weight is 345 g/mol. The summed E-state index contributed by atoms with van der Waals surface area (Å²) in [6.45, 7) is 7.29. The van der Waals surface area contributed by atoms with Crippen LogP contribution in [0.4, 0.5) is 0 Å². The van der Waals surface area contributed by atoms with E-state index in [0.29, 0.717) is 17.8 Å². The van der Waals surface area contributed by atoms with Gasteiger partial charge in [-0.15, -0.1) is 0 Å². The molecule has 2 aromatic heterocycles. The van der Waals surface area contributed by atoms with Crippen molar-refractivity contribution in [3.8, 4) is 0 Å². The highest BCUT2D eigenvalue weighted by molar-refractivity contribution is 5.96. The third-order valence-electron chi connectivity index (χ3n) is 4.56. The number of rotatable bonds is 7. The molecular weight excluding hydrogens is 322 g/mol. The second-order valence-electron chi connectivity index (χ2n) is 6.24. The lowest BCUT2D eigenvalue weighted by Crippen LogP contribution is -2.35. The van der Waals surface area contributed by atoms with Crippen LogP contribution in [-0.2, 0) is 0 Å². The summed E-state index contributed by atoms with van der Waals surface area (Å²) in [5, 5.41) is 3.11. The van der Waals surface area contributed by atoms with Crippen molar-refractivity contribution < 1.29 is 4.79 Å². The van der Waals surface area contributed by atoms with Gasteiger partial charge in [-0.2, -0.15) is 0 Å². The zero-order valence-corrected chi connectivity index (χ0v) is 14.5. The molecule has 2 heterocycles. The number of aromatic nitrogens is 3. The minimum atomic E-state index is -0.512. The molecular formula is C17H23N5O3. The first-order chi connectivity index (χ1) is 12.0. The van der Waals surface area contributed by atoms with E-state index in [2.05, 4.69) is 34.0 Å². The maximum absolute atomic E-state index is 12.3. The van der Waals surface area contributed by atoms with Crippen LogP contribution in [0.2, 0.25) is 0 Å². The summed E-state index contributed by atoms with van der Waals surface area (Å²) in [7, 11) is 0. The van der Waals surface area contributed by atoms with E-state index in [0.717, 1.165) is 32.5 Å². The van der Waals surface area contributed by atoms with Gasteiger partial charge in [0.15, 0.2) is 0 Å². The first-order valence-electron chi connectivity index (χ1n) is 8.70. The highest BCUT2D eigenvalue weighted by Crippen LogP contribution is 2.34. The molecule has 8 nitrogen and oxygen atoms in total. The number of aromatic amines is 1. The highest BCUT2D eigenvalue weighted by atomic mass is 16.2. The minimum absolute atomic E-state index is 0.0908. The van der Waals surface area contributed by atoms with Crippen molar-refractivity contribution in [3.63, 3.8) is 0 Å². The number of carbonyl (C=O) groups is 1. The van der Waals surface area contributed by atoms with Crippen molar-refractivity contribution in [2.75, 3.05) is 26.2 Å². The molecule has 0 aromatic carbocycles. The van der Waals surface area contributed by atoms with Crippen molar-refractivity contribution in [1.29, 1.82) is 0 Å². The van der Waals surface area contributed by atoms with Crippen LogP contribution in [0.15, 0.2) is 21.9 Å². The molecule has 1 amide bonds. The molecule has 0 atom stereocenters. The lowest BCUT2D eigenvalue weighted by molar-refractivity contribution is 0.0948. The molecule has 0 aliphatic heterocycles. The average Bonchev–Trinajstić information content (AvgIpc) is 3.43. The number of likely N-dealkylation sites (N-methyl/N-ethyl adjacent to an activating group) is 1. The Morgan fingerprint density at radius 3 is 2.72 bits per heavy atom. The number of nitrogens with zero attached hydrogens (tertiary/aromatic N) is 3. The topological polar surface area (TPSA) is 100 Å². The zero-order valence-electron chi connectivity index (χ0n) is 14.5. The Hall–Kier alpha value is -2.48. The molecule has 25 heavy (non-hydrogen) atoms. The molecule has 0 bridgehead atoms. The highest BCUT2D eigenvalue weighted by Gasteiger charge is 2.27. The quantitative estimate of drug-likeness (QED) is 0.761. The second kappa shape index (κ2) is 7.18. The van der Waals surface area contributed by atoms with Crippen LogP contribution in [0.25, 0.3) is 11.0 Å². The minimum Gasteiger partial charge on any atom is -0.351 e. The van der Waals surface area contributed by atoms with Crippen molar-refractivity contribution in [2.45, 2.75) is 32.7 Å². The van der Waals surface area contributed by atoms with E-state index < -0.39 is 11.2 Å². The smallest absolute Gasteiger partial charge is 0.330 e. The third-order valence-corrected chi connectivity index (χ3v) is 4.56. The van der Waals surface area contributed by atoms with Gasteiger partial charge in [0.25, 0.3) is 11.5 Å². The van der Waals surface area contributed by atoms with Crippen LogP contribution in [0.1, 0.15) is 43.1 Å². The maximum Gasteiger partial charge on any atom is 0.330 e. The number of hydrogen-bond acceptors (Lipinski definition) is 5. The summed E-state index contributed by atoms with van der Waals surface area (Å²) in [5.41, 5.74) is -0.291. The van der Waals surface area contributed by atoms with Gasteiger partial charge in [-0.05, 0) is 32.0 Å². The fourth-order valence-electron chi connectivity index (χ4n) is 2.90. The number of H-pyrrole nitrogens is 1. The Kier molecular flexibility index (Phi) is 4.98. The van der Waals surface area contributed by atoms with Crippen molar-refractivity contribution >= 4 is 16.9 Å². The first kappa shape index (κ1) is 17.3. The van der Waals surface area contributed by atoms with Crippen LogP contribution in [0.5, 0.6) is 0 Å². The fraction of sp³-hybridized carbons (Fsp3) is 0.529. The number of pyridine rings is 1. The van der Waals surface area contributed by atoms with Gasteiger partial charge in [-0.3, -0.25) is 19.1 Å². The summed E-state index contributed by atoms with van der Waals surface area (Å²) >= 11 is 0. The largest absolute Gasteiger partial charge is 0.351 e. The molecule has 2 aromatic rings. The van der Waals surface area contributed by atoms with Gasteiger partial charge in [-0.25, -0.2) is 9.78 Å². The normalized spacial score (nSPS) is 14.2. The summed E-state index contributed by atoms with van der Waals surface area (Å²) in [4.78, 5) is 45.2. The Bertz CT molecular complexity index is 893. The van der Waals surface area contributed by atoms with E-state index in [-0.39, 0.29) is 17.3 Å². The van der Waals surface area contributed by atoms with Gasteiger partial charge in [0.1, 0.15) is 5.65 Å². The molecule has 1 aliphatic rings. The number of fused-ring (bicyclic) bond motifs is 1. The van der Waals surface area contributed by atoms with Gasteiger partial charge in [0.05, 0.1) is 10.9 Å². The lowest BCUT2D eigenvalue weighted by Gasteiger charge is -2.18. The number of hydrogen-bond donors (Lipinski definition) is 2. The molecule has 2 N–H and O–H groups in total.